The molecule has 2 aromatic carbocycles. The Morgan fingerprint density at radius 2 is 1.73 bits per heavy atom. The zero-order valence-corrected chi connectivity index (χ0v) is 15.9. The fraction of sp³-hybridized carbons (Fsp3) is 0.350. The van der Waals surface area contributed by atoms with Crippen LogP contribution in [0.2, 0.25) is 0 Å². The molecule has 0 aliphatic carbocycles. The van der Waals surface area contributed by atoms with Crippen LogP contribution < -0.4 is 5.32 Å². The molecule has 6 heteroatoms. The van der Waals surface area contributed by atoms with Crippen LogP contribution in [0.3, 0.4) is 0 Å². The molecular formula is C20H23N3O2S. The summed E-state index contributed by atoms with van der Waals surface area (Å²) in [5.74, 6) is 0.286. The molecule has 4 rings (SSSR count). The van der Waals surface area contributed by atoms with E-state index in [1.807, 2.05) is 44.2 Å². The number of nitrogens with one attached hydrogen (secondary N) is 1. The highest BCUT2D eigenvalue weighted by Crippen LogP contribution is 2.34. The predicted octanol–water partition coefficient (Wildman–Crippen LogP) is 3.36. The normalized spacial score (nSPS) is 16.2. The van der Waals surface area contributed by atoms with E-state index < -0.39 is 10.0 Å². The van der Waals surface area contributed by atoms with Crippen molar-refractivity contribution in [2.45, 2.75) is 37.5 Å². The van der Waals surface area contributed by atoms with E-state index in [1.165, 1.54) is 4.09 Å². The number of nitrogens with zero attached hydrogens (tertiary/aromatic N) is 2. The molecule has 5 nitrogen and oxygen atoms in total. The van der Waals surface area contributed by atoms with Crippen molar-refractivity contribution < 1.29 is 8.42 Å². The fourth-order valence-corrected chi connectivity index (χ4v) is 5.01. The van der Waals surface area contributed by atoms with Gasteiger partial charge >= 0.3 is 0 Å². The molecule has 0 radical (unpaired) electrons. The molecule has 1 aromatic heterocycles. The summed E-state index contributed by atoms with van der Waals surface area (Å²) in [7, 11) is -3.73. The Morgan fingerprint density at radius 3 is 2.42 bits per heavy atom. The largest absolute Gasteiger partial charge is 0.317 e. The highest BCUT2D eigenvalue weighted by molar-refractivity contribution is 7.90. The van der Waals surface area contributed by atoms with Gasteiger partial charge in [-0.15, -0.1) is 0 Å². The first-order chi connectivity index (χ1) is 12.5. The minimum atomic E-state index is -3.73. The summed E-state index contributed by atoms with van der Waals surface area (Å²) in [6.07, 6.45) is 1.95. The summed E-state index contributed by atoms with van der Waals surface area (Å²) in [4.78, 5) is 0.269. The van der Waals surface area contributed by atoms with Gasteiger partial charge in [0.05, 0.1) is 16.1 Å². The second-order valence-electron chi connectivity index (χ2n) is 7.04. The molecule has 0 unspecified atom stereocenters. The lowest BCUT2D eigenvalue weighted by atomic mass is 9.91. The van der Waals surface area contributed by atoms with Crippen molar-refractivity contribution in [1.29, 1.82) is 0 Å². The lowest BCUT2D eigenvalue weighted by Crippen LogP contribution is -2.27. The molecule has 1 aliphatic heterocycles. The summed E-state index contributed by atoms with van der Waals surface area (Å²) in [5.41, 5.74) is 3.68. The standard InChI is InChI=1S/C20H23N3O2S/c1-14-6-8-17(9-7-14)26(24,25)23-18-5-3-4-15(2)19(18)20(22-23)16-10-12-21-13-11-16/h3-9,16,21H,10-13H2,1-2H3. The van der Waals surface area contributed by atoms with Crippen LogP contribution in [0.25, 0.3) is 10.9 Å². The van der Waals surface area contributed by atoms with Crippen LogP contribution in [0.5, 0.6) is 0 Å². The van der Waals surface area contributed by atoms with Crippen LogP contribution in [0.4, 0.5) is 0 Å². The quantitative estimate of drug-likeness (QED) is 0.769. The molecule has 0 amide bonds. The average Bonchev–Trinajstić information content (AvgIpc) is 3.05. The number of fused-ring (bicyclic) bond motifs is 1. The van der Waals surface area contributed by atoms with Gasteiger partial charge in [0.15, 0.2) is 0 Å². The maximum atomic E-state index is 13.3. The molecule has 3 aromatic rings. The Balaban J connectivity index is 1.93. The van der Waals surface area contributed by atoms with Crippen molar-refractivity contribution in [1.82, 2.24) is 14.5 Å². The van der Waals surface area contributed by atoms with Gasteiger partial charge in [-0.3, -0.25) is 0 Å². The molecule has 2 heterocycles. The number of aromatic nitrogens is 2. The van der Waals surface area contributed by atoms with Crippen LogP contribution >= 0.6 is 0 Å². The molecule has 0 atom stereocenters. The zero-order valence-electron chi connectivity index (χ0n) is 15.1. The van der Waals surface area contributed by atoms with E-state index in [0.717, 1.165) is 48.1 Å². The summed E-state index contributed by atoms with van der Waals surface area (Å²) in [6.45, 7) is 5.85. The third-order valence-electron chi connectivity index (χ3n) is 5.18. The van der Waals surface area contributed by atoms with Gasteiger partial charge in [0, 0.05) is 11.3 Å². The molecular weight excluding hydrogens is 346 g/mol. The van der Waals surface area contributed by atoms with Gasteiger partial charge in [-0.1, -0.05) is 29.8 Å². The van der Waals surface area contributed by atoms with E-state index in [0.29, 0.717) is 5.52 Å². The van der Waals surface area contributed by atoms with Crippen LogP contribution in [-0.4, -0.2) is 30.7 Å². The van der Waals surface area contributed by atoms with Gasteiger partial charge in [0.2, 0.25) is 0 Å². The number of hydrogen-bond donors (Lipinski definition) is 1. The molecule has 1 fully saturated rings. The van der Waals surface area contributed by atoms with Crippen LogP contribution in [0, 0.1) is 13.8 Å². The van der Waals surface area contributed by atoms with E-state index in [1.54, 1.807) is 12.1 Å². The topological polar surface area (TPSA) is 64.0 Å². The number of piperidine rings is 1. The van der Waals surface area contributed by atoms with Crippen molar-refractivity contribution in [3.63, 3.8) is 0 Å². The Labute approximate surface area is 154 Å². The zero-order chi connectivity index (χ0) is 18.3. The second kappa shape index (κ2) is 6.52. The van der Waals surface area contributed by atoms with Crippen LogP contribution in [-0.2, 0) is 10.0 Å². The van der Waals surface area contributed by atoms with Crippen LogP contribution in [0.1, 0.15) is 35.6 Å². The highest BCUT2D eigenvalue weighted by Gasteiger charge is 2.27. The molecule has 26 heavy (non-hydrogen) atoms. The van der Waals surface area contributed by atoms with Crippen molar-refractivity contribution in [2.75, 3.05) is 13.1 Å². The van der Waals surface area contributed by atoms with E-state index in [2.05, 4.69) is 10.4 Å². The maximum absolute atomic E-state index is 13.3. The van der Waals surface area contributed by atoms with E-state index in [9.17, 15) is 8.42 Å². The molecule has 1 aliphatic rings. The van der Waals surface area contributed by atoms with Crippen molar-refractivity contribution >= 4 is 20.9 Å². The molecule has 0 spiro atoms. The lowest BCUT2D eigenvalue weighted by molar-refractivity contribution is 0.453. The number of rotatable bonds is 3. The van der Waals surface area contributed by atoms with E-state index in [4.69, 9.17) is 0 Å². The molecule has 0 saturated carbocycles. The smallest absolute Gasteiger partial charge is 0.283 e. The summed E-state index contributed by atoms with van der Waals surface area (Å²) in [5, 5.41) is 8.99. The first-order valence-electron chi connectivity index (χ1n) is 8.99. The predicted molar refractivity (Wildman–Crippen MR) is 103 cm³/mol. The van der Waals surface area contributed by atoms with E-state index >= 15 is 0 Å². The first kappa shape index (κ1) is 17.2. The van der Waals surface area contributed by atoms with Gasteiger partial charge in [0.25, 0.3) is 10.0 Å². The fourth-order valence-electron chi connectivity index (χ4n) is 3.72. The minimum absolute atomic E-state index is 0.269. The summed E-state index contributed by atoms with van der Waals surface area (Å²) < 4.78 is 27.7. The molecule has 1 saturated heterocycles. The van der Waals surface area contributed by atoms with Gasteiger partial charge in [0.1, 0.15) is 0 Å². The Bertz CT molecular complexity index is 1050. The summed E-state index contributed by atoms with van der Waals surface area (Å²) >= 11 is 0. The van der Waals surface area contributed by atoms with Gasteiger partial charge in [-0.25, -0.2) is 0 Å². The third-order valence-corrected chi connectivity index (χ3v) is 6.79. The molecule has 1 N–H and O–H groups in total. The van der Waals surface area contributed by atoms with E-state index in [-0.39, 0.29) is 10.8 Å². The lowest BCUT2D eigenvalue weighted by Gasteiger charge is -2.21. The third kappa shape index (κ3) is 2.83. The Morgan fingerprint density at radius 1 is 1.04 bits per heavy atom. The number of hydrogen-bond acceptors (Lipinski definition) is 4. The number of benzene rings is 2. The van der Waals surface area contributed by atoms with Gasteiger partial charge < -0.3 is 5.32 Å². The van der Waals surface area contributed by atoms with Crippen molar-refractivity contribution in [3.05, 3.63) is 59.3 Å². The average molecular weight is 369 g/mol. The van der Waals surface area contributed by atoms with Crippen molar-refractivity contribution in [3.8, 4) is 0 Å². The Kier molecular flexibility index (Phi) is 4.32. The van der Waals surface area contributed by atoms with Gasteiger partial charge in [-0.05, 0) is 63.5 Å². The molecule has 0 bridgehead atoms. The van der Waals surface area contributed by atoms with Gasteiger partial charge in [-0.2, -0.15) is 17.6 Å². The monoisotopic (exact) mass is 369 g/mol. The van der Waals surface area contributed by atoms with Crippen molar-refractivity contribution in [2.24, 2.45) is 0 Å². The number of aryl methyl sites for hydroxylation is 2. The Hall–Kier alpha value is -2.18. The minimum Gasteiger partial charge on any atom is -0.317 e. The summed E-state index contributed by atoms with van der Waals surface area (Å²) in [6, 6.07) is 12.7. The first-order valence-corrected chi connectivity index (χ1v) is 10.4. The highest BCUT2D eigenvalue weighted by atomic mass is 32.2. The SMILES string of the molecule is Cc1ccc(S(=O)(=O)n2nc(C3CCNCC3)c3c(C)cccc32)cc1. The molecule has 136 valence electrons. The van der Waals surface area contributed by atoms with Crippen LogP contribution in [0.15, 0.2) is 47.4 Å². The second-order valence-corrected chi connectivity index (χ2v) is 8.81. The maximum Gasteiger partial charge on any atom is 0.283 e.